The largest absolute Gasteiger partial charge is 0.481 e. The van der Waals surface area contributed by atoms with Crippen LogP contribution in [0.15, 0.2) is 0 Å². The Balaban J connectivity index is 4.97. The van der Waals surface area contributed by atoms with Gasteiger partial charge in [0.1, 0.15) is 6.04 Å². The second kappa shape index (κ2) is 7.22. The molecule has 0 aliphatic carbocycles. The molecule has 0 aromatic heterocycles. The van der Waals surface area contributed by atoms with E-state index >= 15 is 0 Å². The highest BCUT2D eigenvalue weighted by molar-refractivity contribution is 5.82. The van der Waals surface area contributed by atoms with Crippen molar-refractivity contribution in [2.24, 2.45) is 5.92 Å². The van der Waals surface area contributed by atoms with Crippen molar-refractivity contribution in [1.29, 1.82) is 0 Å². The summed E-state index contributed by atoms with van der Waals surface area (Å²) in [5.74, 6) is -2.91. The monoisotopic (exact) mass is 231 g/mol. The van der Waals surface area contributed by atoms with Crippen LogP contribution in [-0.2, 0) is 9.59 Å². The molecule has 5 nitrogen and oxygen atoms in total. The van der Waals surface area contributed by atoms with Crippen LogP contribution in [0.2, 0.25) is 0 Å². The van der Waals surface area contributed by atoms with Gasteiger partial charge in [-0.05, 0) is 19.5 Å². The fourth-order valence-electron chi connectivity index (χ4n) is 1.93. The second-order valence-electron chi connectivity index (χ2n) is 3.74. The van der Waals surface area contributed by atoms with Gasteiger partial charge in [0.25, 0.3) is 0 Å². The van der Waals surface area contributed by atoms with Crippen molar-refractivity contribution in [2.45, 2.75) is 39.7 Å². The minimum atomic E-state index is -1.05. The van der Waals surface area contributed by atoms with E-state index < -0.39 is 23.9 Å². The summed E-state index contributed by atoms with van der Waals surface area (Å²) in [6.45, 7) is 6.62. The molecule has 0 saturated heterocycles. The Morgan fingerprint density at radius 2 is 1.56 bits per heavy atom. The van der Waals surface area contributed by atoms with Crippen molar-refractivity contribution in [2.75, 3.05) is 13.1 Å². The highest BCUT2D eigenvalue weighted by atomic mass is 16.4. The number of nitrogens with zero attached hydrogens (tertiary/aromatic N) is 1. The van der Waals surface area contributed by atoms with Crippen molar-refractivity contribution in [3.63, 3.8) is 0 Å². The molecule has 0 aliphatic rings. The molecule has 2 atom stereocenters. The molecule has 5 heteroatoms. The minimum absolute atomic E-state index is 0.392. The number of carboxylic acids is 2. The number of carboxylic acid groups (broad SMARTS) is 2. The maximum Gasteiger partial charge on any atom is 0.321 e. The Morgan fingerprint density at radius 3 is 1.81 bits per heavy atom. The van der Waals surface area contributed by atoms with E-state index in [0.717, 1.165) is 0 Å². The predicted molar refractivity (Wildman–Crippen MR) is 60.4 cm³/mol. The van der Waals surface area contributed by atoms with Gasteiger partial charge in [-0.1, -0.05) is 27.2 Å². The maximum absolute atomic E-state index is 11.2. The zero-order valence-corrected chi connectivity index (χ0v) is 10.1. The van der Waals surface area contributed by atoms with Gasteiger partial charge in [-0.25, -0.2) is 0 Å². The van der Waals surface area contributed by atoms with Crippen LogP contribution in [0.5, 0.6) is 0 Å². The van der Waals surface area contributed by atoms with E-state index in [2.05, 4.69) is 0 Å². The number of carbonyl (C=O) groups is 2. The van der Waals surface area contributed by atoms with Gasteiger partial charge in [-0.3, -0.25) is 14.5 Å². The third kappa shape index (κ3) is 3.81. The van der Waals surface area contributed by atoms with Crippen LogP contribution >= 0.6 is 0 Å². The van der Waals surface area contributed by atoms with Gasteiger partial charge in [-0.2, -0.15) is 0 Å². The Morgan fingerprint density at radius 1 is 1.06 bits per heavy atom. The molecule has 0 bridgehead atoms. The van der Waals surface area contributed by atoms with Crippen LogP contribution in [0.25, 0.3) is 0 Å². The van der Waals surface area contributed by atoms with E-state index in [1.807, 2.05) is 20.8 Å². The van der Waals surface area contributed by atoms with Gasteiger partial charge in [0, 0.05) is 0 Å². The lowest BCUT2D eigenvalue weighted by atomic mass is 9.93. The van der Waals surface area contributed by atoms with E-state index in [9.17, 15) is 9.59 Å². The lowest BCUT2D eigenvalue weighted by molar-refractivity contribution is -0.155. The second-order valence-corrected chi connectivity index (χ2v) is 3.74. The molecule has 0 heterocycles. The zero-order valence-electron chi connectivity index (χ0n) is 10.1. The van der Waals surface area contributed by atoms with Gasteiger partial charge in [0.05, 0.1) is 5.92 Å². The lowest BCUT2D eigenvalue weighted by Crippen LogP contribution is -2.48. The predicted octanol–water partition coefficient (Wildman–Crippen LogP) is 1.28. The first-order chi connectivity index (χ1) is 7.49. The summed E-state index contributed by atoms with van der Waals surface area (Å²) in [5, 5.41) is 18.2. The van der Waals surface area contributed by atoms with Gasteiger partial charge >= 0.3 is 11.9 Å². The first-order valence-corrected chi connectivity index (χ1v) is 5.69. The van der Waals surface area contributed by atoms with Crippen LogP contribution in [0, 0.1) is 5.92 Å². The summed E-state index contributed by atoms with van der Waals surface area (Å²) < 4.78 is 0. The van der Waals surface area contributed by atoms with Crippen molar-refractivity contribution < 1.29 is 19.8 Å². The standard InChI is InChI=1S/C11H21NO4/c1-4-7-8(10(13)14)9(11(15)16)12(5-2)6-3/h8-9H,4-7H2,1-3H3,(H,13,14)(H,15,16)/t8-,9-/m0/s1. The molecule has 0 radical (unpaired) electrons. The van der Waals surface area contributed by atoms with Gasteiger partial charge in [0.2, 0.25) is 0 Å². The summed E-state index contributed by atoms with van der Waals surface area (Å²) in [6, 6.07) is -0.924. The summed E-state index contributed by atoms with van der Waals surface area (Å²) in [6.07, 6.45) is 1.06. The van der Waals surface area contributed by atoms with Crippen LogP contribution in [0.1, 0.15) is 33.6 Å². The minimum Gasteiger partial charge on any atom is -0.481 e. The highest BCUT2D eigenvalue weighted by Gasteiger charge is 2.36. The highest BCUT2D eigenvalue weighted by Crippen LogP contribution is 2.18. The fourth-order valence-corrected chi connectivity index (χ4v) is 1.93. The van der Waals surface area contributed by atoms with Crippen LogP contribution < -0.4 is 0 Å². The van der Waals surface area contributed by atoms with Crippen LogP contribution in [0.4, 0.5) is 0 Å². The third-order valence-electron chi connectivity index (χ3n) is 2.76. The van der Waals surface area contributed by atoms with Crippen LogP contribution in [0.3, 0.4) is 0 Å². The zero-order chi connectivity index (χ0) is 12.7. The van der Waals surface area contributed by atoms with E-state index in [0.29, 0.717) is 25.9 Å². The third-order valence-corrected chi connectivity index (χ3v) is 2.76. The van der Waals surface area contributed by atoms with Crippen molar-refractivity contribution in [3.05, 3.63) is 0 Å². The Labute approximate surface area is 96.1 Å². The first-order valence-electron chi connectivity index (χ1n) is 5.69. The number of hydrogen-bond donors (Lipinski definition) is 2. The molecule has 0 amide bonds. The summed E-state index contributed by atoms with van der Waals surface area (Å²) in [7, 11) is 0. The Hall–Kier alpha value is -1.10. The topological polar surface area (TPSA) is 77.8 Å². The number of aliphatic carboxylic acids is 2. The maximum atomic E-state index is 11.2. The molecule has 0 rings (SSSR count). The average Bonchev–Trinajstić information content (AvgIpc) is 2.22. The molecule has 16 heavy (non-hydrogen) atoms. The SMILES string of the molecule is CCC[C@H](C(=O)O)[C@@H](C(=O)O)N(CC)CC. The first kappa shape index (κ1) is 14.9. The molecule has 0 fully saturated rings. The van der Waals surface area contributed by atoms with E-state index in [1.165, 1.54) is 0 Å². The Kier molecular flexibility index (Phi) is 6.72. The van der Waals surface area contributed by atoms with E-state index in [4.69, 9.17) is 10.2 Å². The molecule has 0 spiro atoms. The van der Waals surface area contributed by atoms with Crippen molar-refractivity contribution in [3.8, 4) is 0 Å². The molecule has 0 aromatic carbocycles. The smallest absolute Gasteiger partial charge is 0.321 e. The molecular weight excluding hydrogens is 210 g/mol. The van der Waals surface area contributed by atoms with Gasteiger partial charge in [-0.15, -0.1) is 0 Å². The molecule has 0 aliphatic heterocycles. The number of rotatable bonds is 8. The quantitative estimate of drug-likeness (QED) is 0.658. The van der Waals surface area contributed by atoms with Crippen LogP contribution in [-0.4, -0.2) is 46.2 Å². The molecule has 0 saturated carbocycles. The Bertz CT molecular complexity index is 238. The summed E-state index contributed by atoms with van der Waals surface area (Å²) in [5.41, 5.74) is 0. The molecule has 0 aromatic rings. The molecule has 0 unspecified atom stereocenters. The van der Waals surface area contributed by atoms with E-state index in [1.54, 1.807) is 4.90 Å². The van der Waals surface area contributed by atoms with Gasteiger partial charge in [0.15, 0.2) is 0 Å². The van der Waals surface area contributed by atoms with Crippen molar-refractivity contribution >= 4 is 11.9 Å². The molecular formula is C11H21NO4. The average molecular weight is 231 g/mol. The van der Waals surface area contributed by atoms with E-state index in [-0.39, 0.29) is 0 Å². The van der Waals surface area contributed by atoms with Gasteiger partial charge < -0.3 is 10.2 Å². The fraction of sp³-hybridized carbons (Fsp3) is 0.818. The molecule has 94 valence electrons. The normalized spacial score (nSPS) is 14.8. The lowest BCUT2D eigenvalue weighted by Gasteiger charge is -2.30. The molecule has 2 N–H and O–H groups in total. The summed E-state index contributed by atoms with van der Waals surface area (Å²) >= 11 is 0. The number of likely N-dealkylation sites (N-methyl/N-ethyl adjacent to an activating group) is 1. The summed E-state index contributed by atoms with van der Waals surface area (Å²) in [4.78, 5) is 23.9. The number of hydrogen-bond acceptors (Lipinski definition) is 3. The van der Waals surface area contributed by atoms with Crippen molar-refractivity contribution in [1.82, 2.24) is 4.90 Å².